The Labute approximate surface area is 149 Å². The van der Waals surface area contributed by atoms with E-state index in [9.17, 15) is 22.8 Å². The van der Waals surface area contributed by atoms with E-state index in [1.807, 2.05) is 0 Å². The average Bonchev–Trinajstić information content (AvgIpc) is 2.52. The molecule has 0 N–H and O–H groups in total. The molecule has 0 aliphatic carbocycles. The number of halogens is 4. The maximum Gasteiger partial charge on any atom is 0.416 e. The second kappa shape index (κ2) is 6.89. The van der Waals surface area contributed by atoms with E-state index in [0.717, 1.165) is 24.3 Å². The first-order valence-corrected chi connectivity index (χ1v) is 8.21. The molecule has 1 aromatic carbocycles. The van der Waals surface area contributed by atoms with Crippen molar-refractivity contribution in [1.29, 1.82) is 0 Å². The summed E-state index contributed by atoms with van der Waals surface area (Å²) >= 11 is 0. The summed E-state index contributed by atoms with van der Waals surface area (Å²) in [5.74, 6) is -0.866. The number of piperidine rings is 1. The minimum absolute atomic E-state index is 0.00219. The van der Waals surface area contributed by atoms with Gasteiger partial charge in [-0.3, -0.25) is 4.79 Å². The highest BCUT2D eigenvalue weighted by Gasteiger charge is 2.43. The predicted molar refractivity (Wildman–Crippen MR) is 86.7 cm³/mol. The van der Waals surface area contributed by atoms with E-state index in [2.05, 4.69) is 0 Å². The van der Waals surface area contributed by atoms with Crippen molar-refractivity contribution < 1.29 is 31.9 Å². The molecule has 1 heterocycles. The quantitative estimate of drug-likeness (QED) is 0.559. The summed E-state index contributed by atoms with van der Waals surface area (Å²) in [5.41, 5.74) is -3.91. The second-order valence-electron chi connectivity index (χ2n) is 7.34. The van der Waals surface area contributed by atoms with Gasteiger partial charge in [0, 0.05) is 31.5 Å². The molecular formula is C18H21F4NO3. The first-order valence-electron chi connectivity index (χ1n) is 8.21. The van der Waals surface area contributed by atoms with Crippen LogP contribution in [0.3, 0.4) is 0 Å². The summed E-state index contributed by atoms with van der Waals surface area (Å²) in [7, 11) is 0. The fraction of sp³-hybridized carbons (Fsp3) is 0.556. The average molecular weight is 375 g/mol. The van der Waals surface area contributed by atoms with Crippen LogP contribution in [0.4, 0.5) is 22.4 Å². The molecule has 4 nitrogen and oxygen atoms in total. The topological polar surface area (TPSA) is 46.6 Å². The summed E-state index contributed by atoms with van der Waals surface area (Å²) in [6, 6.07) is 3.47. The van der Waals surface area contributed by atoms with Crippen molar-refractivity contribution >= 4 is 11.9 Å². The highest BCUT2D eigenvalue weighted by atomic mass is 19.4. The predicted octanol–water partition coefficient (Wildman–Crippen LogP) is 4.63. The summed E-state index contributed by atoms with van der Waals surface area (Å²) in [4.78, 5) is 25.7. The van der Waals surface area contributed by atoms with Gasteiger partial charge in [0.25, 0.3) is 0 Å². The molecule has 0 radical (unpaired) electrons. The third kappa shape index (κ3) is 4.74. The number of benzene rings is 1. The number of Topliss-reactive ketones (excluding diaryl/α,β-unsaturated/α-hetero) is 1. The molecule has 1 amide bonds. The zero-order valence-electron chi connectivity index (χ0n) is 14.8. The van der Waals surface area contributed by atoms with Gasteiger partial charge in [-0.25, -0.2) is 9.18 Å². The third-order valence-corrected chi connectivity index (χ3v) is 4.09. The fourth-order valence-electron chi connectivity index (χ4n) is 2.67. The van der Waals surface area contributed by atoms with Gasteiger partial charge in [0.05, 0.1) is 5.56 Å². The maximum absolute atomic E-state index is 15.0. The molecule has 0 atom stereocenters. The van der Waals surface area contributed by atoms with Crippen molar-refractivity contribution in [3.05, 3.63) is 35.4 Å². The van der Waals surface area contributed by atoms with Gasteiger partial charge < -0.3 is 9.64 Å². The smallest absolute Gasteiger partial charge is 0.416 e. The standard InChI is InChI=1S/C18H21F4NO3/c1-16(2,3)26-15(25)23-10-8-17(19,9-11-23)14(24)12-4-6-13(7-5-12)18(20,21)22/h4-7H,8-11H2,1-3H3. The number of likely N-dealkylation sites (tertiary alicyclic amines) is 1. The maximum atomic E-state index is 15.0. The minimum Gasteiger partial charge on any atom is -0.444 e. The zero-order chi connectivity index (χ0) is 19.8. The number of hydrogen-bond acceptors (Lipinski definition) is 3. The van der Waals surface area contributed by atoms with Gasteiger partial charge in [-0.15, -0.1) is 0 Å². The van der Waals surface area contributed by atoms with Crippen LogP contribution < -0.4 is 0 Å². The Morgan fingerprint density at radius 1 is 1.04 bits per heavy atom. The molecule has 1 aliphatic rings. The molecule has 0 saturated carbocycles. The summed E-state index contributed by atoms with van der Waals surface area (Å²) in [6.45, 7) is 5.13. The molecule has 0 aromatic heterocycles. The Balaban J connectivity index is 2.03. The lowest BCUT2D eigenvalue weighted by Crippen LogP contribution is -2.49. The molecule has 144 valence electrons. The number of rotatable bonds is 2. The molecule has 26 heavy (non-hydrogen) atoms. The van der Waals surface area contributed by atoms with Crippen molar-refractivity contribution in [3.8, 4) is 0 Å². The first kappa shape index (κ1) is 20.2. The monoisotopic (exact) mass is 375 g/mol. The SMILES string of the molecule is CC(C)(C)OC(=O)N1CCC(F)(C(=O)c2ccc(C(F)(F)F)cc2)CC1. The van der Waals surface area contributed by atoms with Gasteiger partial charge in [0.1, 0.15) is 5.60 Å². The van der Waals surface area contributed by atoms with Gasteiger partial charge in [-0.1, -0.05) is 12.1 Å². The number of amides is 1. The number of ether oxygens (including phenoxy) is 1. The number of nitrogens with zero attached hydrogens (tertiary/aromatic N) is 1. The van der Waals surface area contributed by atoms with E-state index in [-0.39, 0.29) is 31.5 Å². The van der Waals surface area contributed by atoms with Crippen LogP contribution in [-0.2, 0) is 10.9 Å². The Morgan fingerprint density at radius 2 is 1.54 bits per heavy atom. The van der Waals surface area contributed by atoms with Gasteiger partial charge in [0.15, 0.2) is 11.5 Å². The van der Waals surface area contributed by atoms with Crippen LogP contribution in [0.5, 0.6) is 0 Å². The first-order chi connectivity index (χ1) is 11.8. The highest BCUT2D eigenvalue weighted by molar-refractivity contribution is 6.02. The molecule has 1 aliphatic heterocycles. The third-order valence-electron chi connectivity index (χ3n) is 4.09. The van der Waals surface area contributed by atoms with Crippen LogP contribution >= 0.6 is 0 Å². The molecule has 0 spiro atoms. The lowest BCUT2D eigenvalue weighted by Gasteiger charge is -2.36. The molecule has 2 rings (SSSR count). The number of carbonyl (C=O) groups is 2. The molecular weight excluding hydrogens is 354 g/mol. The van der Waals surface area contributed by atoms with Crippen LogP contribution in [0, 0.1) is 0 Å². The minimum atomic E-state index is -4.52. The lowest BCUT2D eigenvalue weighted by molar-refractivity contribution is -0.137. The number of carbonyl (C=O) groups excluding carboxylic acids is 2. The largest absolute Gasteiger partial charge is 0.444 e. The van der Waals surface area contributed by atoms with Crippen LogP contribution in [-0.4, -0.2) is 41.1 Å². The molecule has 1 aromatic rings. The number of hydrogen-bond donors (Lipinski definition) is 0. The van der Waals surface area contributed by atoms with E-state index in [1.54, 1.807) is 20.8 Å². The molecule has 1 saturated heterocycles. The summed E-state index contributed by atoms with van der Waals surface area (Å²) in [6.07, 6.45) is -5.56. The lowest BCUT2D eigenvalue weighted by atomic mass is 9.85. The van der Waals surface area contributed by atoms with Crippen molar-refractivity contribution in [2.45, 2.75) is 51.1 Å². The van der Waals surface area contributed by atoms with Gasteiger partial charge >= 0.3 is 12.3 Å². The number of ketones is 1. The van der Waals surface area contributed by atoms with E-state index < -0.39 is 34.9 Å². The Morgan fingerprint density at radius 3 is 1.96 bits per heavy atom. The van der Waals surface area contributed by atoms with Crippen molar-refractivity contribution in [1.82, 2.24) is 4.90 Å². The second-order valence-corrected chi connectivity index (χ2v) is 7.34. The van der Waals surface area contributed by atoms with E-state index >= 15 is 4.39 Å². The van der Waals surface area contributed by atoms with Crippen LogP contribution in [0.1, 0.15) is 49.5 Å². The van der Waals surface area contributed by atoms with Crippen molar-refractivity contribution in [3.63, 3.8) is 0 Å². The van der Waals surface area contributed by atoms with Crippen LogP contribution in [0.25, 0.3) is 0 Å². The number of alkyl halides is 4. The molecule has 8 heteroatoms. The normalized spacial score (nSPS) is 17.7. The van der Waals surface area contributed by atoms with Crippen LogP contribution in [0.15, 0.2) is 24.3 Å². The summed E-state index contributed by atoms with van der Waals surface area (Å²) < 4.78 is 58.0. The van der Waals surface area contributed by atoms with Crippen molar-refractivity contribution in [2.75, 3.05) is 13.1 Å². The molecule has 0 unspecified atom stereocenters. The van der Waals surface area contributed by atoms with Gasteiger partial charge in [0.2, 0.25) is 0 Å². The van der Waals surface area contributed by atoms with E-state index in [0.29, 0.717) is 0 Å². The molecule has 0 bridgehead atoms. The Kier molecular flexibility index (Phi) is 5.35. The Bertz CT molecular complexity index is 669. The Hall–Kier alpha value is -2.12. The van der Waals surface area contributed by atoms with Crippen LogP contribution in [0.2, 0.25) is 0 Å². The van der Waals surface area contributed by atoms with Gasteiger partial charge in [-0.05, 0) is 32.9 Å². The molecule has 1 fully saturated rings. The highest BCUT2D eigenvalue weighted by Crippen LogP contribution is 2.33. The fourth-order valence-corrected chi connectivity index (χ4v) is 2.67. The van der Waals surface area contributed by atoms with Crippen molar-refractivity contribution in [2.24, 2.45) is 0 Å². The van der Waals surface area contributed by atoms with E-state index in [4.69, 9.17) is 4.74 Å². The van der Waals surface area contributed by atoms with E-state index in [1.165, 1.54) is 4.90 Å². The summed E-state index contributed by atoms with van der Waals surface area (Å²) in [5, 5.41) is 0. The van der Waals surface area contributed by atoms with Gasteiger partial charge in [-0.2, -0.15) is 13.2 Å². The zero-order valence-corrected chi connectivity index (χ0v) is 14.8.